The molecule has 1 unspecified atom stereocenters. The van der Waals surface area contributed by atoms with Gasteiger partial charge in [0, 0.05) is 41.4 Å². The summed E-state index contributed by atoms with van der Waals surface area (Å²) in [7, 11) is 0. The number of hydrogen-bond donors (Lipinski definition) is 1. The first kappa shape index (κ1) is 12.8. The molecule has 0 spiro atoms. The Morgan fingerprint density at radius 3 is 2.84 bits per heavy atom. The summed E-state index contributed by atoms with van der Waals surface area (Å²) in [6.07, 6.45) is 4.43. The second-order valence-corrected chi connectivity index (χ2v) is 4.16. The molecule has 1 aromatic carbocycles. The maximum Gasteiger partial charge on any atom is 0.328 e. The van der Waals surface area contributed by atoms with E-state index in [9.17, 15) is 14.9 Å². The van der Waals surface area contributed by atoms with E-state index in [1.165, 1.54) is 12.1 Å². The number of allylic oxidation sites excluding steroid dienone is 1. The fourth-order valence-corrected chi connectivity index (χ4v) is 1.93. The molecule has 1 atom stereocenters. The molecule has 6 nitrogen and oxygen atoms in total. The van der Waals surface area contributed by atoms with E-state index in [4.69, 9.17) is 5.11 Å². The van der Waals surface area contributed by atoms with E-state index in [2.05, 4.69) is 0 Å². The highest BCUT2D eigenvalue weighted by Gasteiger charge is 2.10. The Kier molecular flexibility index (Phi) is 3.33. The third-order valence-electron chi connectivity index (χ3n) is 2.87. The van der Waals surface area contributed by atoms with Crippen molar-refractivity contribution < 1.29 is 14.8 Å². The fourth-order valence-electron chi connectivity index (χ4n) is 1.93. The van der Waals surface area contributed by atoms with Gasteiger partial charge in [0.05, 0.1) is 4.92 Å². The van der Waals surface area contributed by atoms with E-state index in [0.29, 0.717) is 0 Å². The van der Waals surface area contributed by atoms with Gasteiger partial charge < -0.3 is 9.67 Å². The quantitative estimate of drug-likeness (QED) is 0.520. The van der Waals surface area contributed by atoms with Crippen LogP contribution >= 0.6 is 0 Å². The number of fused-ring (bicyclic) bond motifs is 1. The number of hydrogen-bond acceptors (Lipinski definition) is 3. The highest BCUT2D eigenvalue weighted by Crippen LogP contribution is 2.24. The van der Waals surface area contributed by atoms with Crippen LogP contribution in [0.25, 0.3) is 10.9 Å². The van der Waals surface area contributed by atoms with E-state index in [0.717, 1.165) is 17.0 Å². The molecular weight excluding hydrogens is 248 g/mol. The van der Waals surface area contributed by atoms with Crippen LogP contribution in [-0.2, 0) is 4.79 Å². The lowest BCUT2D eigenvalue weighted by Crippen LogP contribution is -2.01. The zero-order valence-corrected chi connectivity index (χ0v) is 10.2. The molecule has 0 bridgehead atoms. The van der Waals surface area contributed by atoms with Crippen molar-refractivity contribution in [2.24, 2.45) is 0 Å². The van der Waals surface area contributed by atoms with Gasteiger partial charge in [-0.25, -0.2) is 4.79 Å². The number of non-ortho nitro benzene ring substituents is 1. The van der Waals surface area contributed by atoms with Gasteiger partial charge in [-0.3, -0.25) is 10.1 Å². The largest absolute Gasteiger partial charge is 0.478 e. The summed E-state index contributed by atoms with van der Waals surface area (Å²) in [6, 6.07) is 6.23. The van der Waals surface area contributed by atoms with Crippen LogP contribution in [0.15, 0.2) is 42.6 Å². The lowest BCUT2D eigenvalue weighted by Gasteiger charge is -2.10. The predicted octanol–water partition coefficient (Wildman–Crippen LogP) is 2.75. The van der Waals surface area contributed by atoms with Crippen LogP contribution in [0.5, 0.6) is 0 Å². The van der Waals surface area contributed by atoms with Crippen molar-refractivity contribution in [3.05, 3.63) is 52.7 Å². The Balaban J connectivity index is 2.40. The second kappa shape index (κ2) is 4.93. The molecule has 0 radical (unpaired) electrons. The second-order valence-electron chi connectivity index (χ2n) is 4.16. The highest BCUT2D eigenvalue weighted by molar-refractivity contribution is 5.83. The van der Waals surface area contributed by atoms with Gasteiger partial charge >= 0.3 is 5.97 Å². The summed E-state index contributed by atoms with van der Waals surface area (Å²) < 4.78 is 1.86. The van der Waals surface area contributed by atoms with E-state index in [1.54, 1.807) is 24.4 Å². The molecule has 1 aromatic heterocycles. The molecule has 98 valence electrons. The van der Waals surface area contributed by atoms with Crippen LogP contribution in [0, 0.1) is 10.1 Å². The number of carbonyl (C=O) groups is 1. The number of carboxylic acids is 1. The van der Waals surface area contributed by atoms with E-state index < -0.39 is 10.9 Å². The molecule has 2 rings (SSSR count). The Morgan fingerprint density at radius 2 is 2.21 bits per heavy atom. The van der Waals surface area contributed by atoms with Crippen LogP contribution < -0.4 is 0 Å². The number of aliphatic carboxylic acids is 1. The zero-order chi connectivity index (χ0) is 14.0. The van der Waals surface area contributed by atoms with Gasteiger partial charge in [0.25, 0.3) is 5.69 Å². The third-order valence-corrected chi connectivity index (χ3v) is 2.87. The minimum Gasteiger partial charge on any atom is -0.478 e. The summed E-state index contributed by atoms with van der Waals surface area (Å²) >= 11 is 0. The number of carboxylic acid groups (broad SMARTS) is 1. The Labute approximate surface area is 108 Å². The molecule has 0 saturated carbocycles. The summed E-state index contributed by atoms with van der Waals surface area (Å²) in [4.78, 5) is 20.7. The molecule has 0 aliphatic rings. The van der Waals surface area contributed by atoms with Crippen LogP contribution in [0.3, 0.4) is 0 Å². The van der Waals surface area contributed by atoms with Crippen molar-refractivity contribution in [1.82, 2.24) is 4.57 Å². The molecule has 1 N–H and O–H groups in total. The van der Waals surface area contributed by atoms with Crippen molar-refractivity contribution >= 4 is 22.6 Å². The molecule has 0 aliphatic carbocycles. The first-order valence-corrected chi connectivity index (χ1v) is 5.65. The molecule has 19 heavy (non-hydrogen) atoms. The van der Waals surface area contributed by atoms with E-state index in [1.807, 2.05) is 11.5 Å². The first-order chi connectivity index (χ1) is 8.99. The average Bonchev–Trinajstić information content (AvgIpc) is 2.78. The SMILES string of the molecule is CC(/C=C/C(=O)O)n1ccc2cc([N+](=O)[O-])ccc21. The molecular formula is C13H12N2O4. The van der Waals surface area contributed by atoms with Crippen molar-refractivity contribution in [2.45, 2.75) is 13.0 Å². The molecule has 2 aromatic rings. The monoisotopic (exact) mass is 260 g/mol. The summed E-state index contributed by atoms with van der Waals surface area (Å²) in [5.41, 5.74) is 0.868. The lowest BCUT2D eigenvalue weighted by atomic mass is 10.2. The minimum absolute atomic E-state index is 0.0407. The van der Waals surface area contributed by atoms with Gasteiger partial charge in [0.15, 0.2) is 0 Å². The van der Waals surface area contributed by atoms with Gasteiger partial charge in [0.2, 0.25) is 0 Å². The molecule has 0 aliphatic heterocycles. The van der Waals surface area contributed by atoms with Crippen LogP contribution in [-0.4, -0.2) is 20.6 Å². The third kappa shape index (κ3) is 2.62. The van der Waals surface area contributed by atoms with Gasteiger partial charge in [-0.05, 0) is 19.1 Å². The standard InChI is InChI=1S/C13H12N2O4/c1-9(2-5-13(16)17)14-7-6-10-8-11(15(18)19)3-4-12(10)14/h2-9H,1H3,(H,16,17)/b5-2+. The predicted molar refractivity (Wildman–Crippen MR) is 70.1 cm³/mol. The smallest absolute Gasteiger partial charge is 0.328 e. The number of aromatic nitrogens is 1. The van der Waals surface area contributed by atoms with Crippen molar-refractivity contribution in [3.8, 4) is 0 Å². The number of benzene rings is 1. The summed E-state index contributed by atoms with van der Waals surface area (Å²) in [6.45, 7) is 1.85. The van der Waals surface area contributed by atoms with Crippen molar-refractivity contribution in [2.75, 3.05) is 0 Å². The highest BCUT2D eigenvalue weighted by atomic mass is 16.6. The van der Waals surface area contributed by atoms with Crippen molar-refractivity contribution in [1.29, 1.82) is 0 Å². The van der Waals surface area contributed by atoms with Crippen LogP contribution in [0.4, 0.5) is 5.69 Å². The van der Waals surface area contributed by atoms with Gasteiger partial charge in [0.1, 0.15) is 0 Å². The van der Waals surface area contributed by atoms with Crippen molar-refractivity contribution in [3.63, 3.8) is 0 Å². The Hall–Kier alpha value is -2.63. The lowest BCUT2D eigenvalue weighted by molar-refractivity contribution is -0.384. The minimum atomic E-state index is -1.00. The molecule has 1 heterocycles. The molecule has 0 fully saturated rings. The molecule has 6 heteroatoms. The average molecular weight is 260 g/mol. The van der Waals surface area contributed by atoms with E-state index in [-0.39, 0.29) is 11.7 Å². The normalized spacial score (nSPS) is 12.9. The van der Waals surface area contributed by atoms with Gasteiger partial charge in [-0.15, -0.1) is 0 Å². The van der Waals surface area contributed by atoms with Crippen LogP contribution in [0.1, 0.15) is 13.0 Å². The number of nitro groups is 1. The van der Waals surface area contributed by atoms with E-state index >= 15 is 0 Å². The van der Waals surface area contributed by atoms with Crippen LogP contribution in [0.2, 0.25) is 0 Å². The van der Waals surface area contributed by atoms with Gasteiger partial charge in [-0.2, -0.15) is 0 Å². The summed E-state index contributed by atoms with van der Waals surface area (Å²) in [5, 5.41) is 20.0. The fraction of sp³-hybridized carbons (Fsp3) is 0.154. The molecule has 0 amide bonds. The zero-order valence-electron chi connectivity index (χ0n) is 10.2. The first-order valence-electron chi connectivity index (χ1n) is 5.65. The Morgan fingerprint density at radius 1 is 1.47 bits per heavy atom. The number of nitrogens with zero attached hydrogens (tertiary/aromatic N) is 2. The molecule has 0 saturated heterocycles. The summed E-state index contributed by atoms with van der Waals surface area (Å²) in [5.74, 6) is -1.00. The topological polar surface area (TPSA) is 85.4 Å². The number of rotatable bonds is 4. The maximum atomic E-state index is 10.7. The maximum absolute atomic E-state index is 10.7. The Bertz CT molecular complexity index is 672. The van der Waals surface area contributed by atoms with Gasteiger partial charge in [-0.1, -0.05) is 6.08 Å². The number of nitro benzene ring substituents is 1.